The predicted molar refractivity (Wildman–Crippen MR) is 150 cm³/mol. The molecule has 12 nitrogen and oxygen atoms in total. The molecular formula is C28H45N5O7. The Bertz CT molecular complexity index is 1070. The monoisotopic (exact) mass is 563 g/mol. The number of hydrogen-bond acceptors (Lipinski definition) is 8. The molecule has 0 aromatic heterocycles. The van der Waals surface area contributed by atoms with Gasteiger partial charge in [-0.15, -0.1) is 4.99 Å². The maximum atomic E-state index is 13.6. The normalized spacial score (nSPS) is 23.8. The van der Waals surface area contributed by atoms with Crippen LogP contribution in [-0.2, 0) is 23.9 Å². The van der Waals surface area contributed by atoms with E-state index >= 15 is 0 Å². The second kappa shape index (κ2) is 13.3. The maximum Gasteiger partial charge on any atom is 0.437 e. The Morgan fingerprint density at radius 1 is 1.07 bits per heavy atom. The van der Waals surface area contributed by atoms with Gasteiger partial charge in [-0.25, -0.2) is 19.3 Å². The van der Waals surface area contributed by atoms with Crippen LogP contribution < -0.4 is 16.9 Å². The molecule has 3 amide bonds. The summed E-state index contributed by atoms with van der Waals surface area (Å²) in [4.78, 5) is 61.0. The summed E-state index contributed by atoms with van der Waals surface area (Å²) in [5.41, 5.74) is 5.46. The molecule has 2 aliphatic carbocycles. The minimum atomic E-state index is -1.01. The van der Waals surface area contributed by atoms with Crippen molar-refractivity contribution in [2.45, 2.75) is 111 Å². The molecule has 40 heavy (non-hydrogen) atoms. The van der Waals surface area contributed by atoms with Crippen molar-refractivity contribution < 1.29 is 33.5 Å². The van der Waals surface area contributed by atoms with Gasteiger partial charge in [0.05, 0.1) is 12.1 Å². The van der Waals surface area contributed by atoms with Gasteiger partial charge < -0.3 is 25.4 Å². The second-order valence-corrected chi connectivity index (χ2v) is 12.4. The molecule has 0 spiro atoms. The van der Waals surface area contributed by atoms with Crippen molar-refractivity contribution in [3.63, 3.8) is 0 Å². The fourth-order valence-corrected chi connectivity index (χ4v) is 5.15. The number of carbonyl (C=O) groups is 4. The molecule has 0 saturated carbocycles. The minimum absolute atomic E-state index is 0.0857. The first-order chi connectivity index (χ1) is 18.4. The van der Waals surface area contributed by atoms with Gasteiger partial charge in [-0.05, 0) is 80.1 Å². The second-order valence-electron chi connectivity index (χ2n) is 12.4. The van der Waals surface area contributed by atoms with E-state index < -0.39 is 47.4 Å². The largest absolute Gasteiger partial charge is 0.443 e. The molecule has 0 radical (unpaired) electrons. The number of nitrogens with zero attached hydrogens (tertiary/aromatic N) is 2. The fourth-order valence-electron chi connectivity index (χ4n) is 5.15. The summed E-state index contributed by atoms with van der Waals surface area (Å²) >= 11 is 0. The van der Waals surface area contributed by atoms with Crippen LogP contribution in [0.3, 0.4) is 0 Å². The first-order valence-corrected chi connectivity index (χ1v) is 13.6. The van der Waals surface area contributed by atoms with Gasteiger partial charge in [-0.2, -0.15) is 5.90 Å². The van der Waals surface area contributed by atoms with E-state index in [1.165, 1.54) is 6.92 Å². The van der Waals surface area contributed by atoms with Gasteiger partial charge in [0.25, 0.3) is 0 Å². The Morgan fingerprint density at radius 2 is 1.70 bits per heavy atom. The van der Waals surface area contributed by atoms with E-state index in [4.69, 9.17) is 21.1 Å². The van der Waals surface area contributed by atoms with Gasteiger partial charge in [0.1, 0.15) is 11.2 Å². The lowest BCUT2D eigenvalue weighted by Crippen LogP contribution is -2.62. The Hall–Kier alpha value is -3.41. The fraction of sp³-hybridized carbons (Fsp3) is 0.679. The molecule has 2 aliphatic rings. The van der Waals surface area contributed by atoms with E-state index in [1.54, 1.807) is 48.5 Å². The van der Waals surface area contributed by atoms with Gasteiger partial charge in [-0.1, -0.05) is 17.7 Å². The van der Waals surface area contributed by atoms with E-state index in [-0.39, 0.29) is 29.7 Å². The maximum absolute atomic E-state index is 13.6. The van der Waals surface area contributed by atoms with Crippen LogP contribution >= 0.6 is 0 Å². The van der Waals surface area contributed by atoms with Gasteiger partial charge >= 0.3 is 18.2 Å². The Morgan fingerprint density at radius 3 is 2.20 bits per heavy atom. The molecule has 0 aromatic rings. The number of carbonyl (C=O) groups excluding carboxylic acids is 4. The van der Waals surface area contributed by atoms with E-state index in [2.05, 4.69) is 27.3 Å². The number of guanidine groups is 1. The molecular weight excluding hydrogens is 518 g/mol. The molecule has 224 valence electrons. The van der Waals surface area contributed by atoms with Crippen molar-refractivity contribution in [2.75, 3.05) is 0 Å². The molecule has 0 saturated heterocycles. The van der Waals surface area contributed by atoms with Crippen LogP contribution in [0.4, 0.5) is 9.59 Å². The van der Waals surface area contributed by atoms with Crippen molar-refractivity contribution in [1.29, 1.82) is 0 Å². The highest BCUT2D eigenvalue weighted by Crippen LogP contribution is 2.40. The number of ether oxygens (including phenoxy) is 2. The number of nitrogens with one attached hydrogen (secondary N) is 1. The van der Waals surface area contributed by atoms with Crippen LogP contribution in [-0.4, -0.2) is 58.2 Å². The minimum Gasteiger partial charge on any atom is -0.443 e. The highest BCUT2D eigenvalue weighted by Gasteiger charge is 2.46. The zero-order valence-corrected chi connectivity index (χ0v) is 24.9. The van der Waals surface area contributed by atoms with Crippen molar-refractivity contribution in [2.24, 2.45) is 28.5 Å². The number of hydrogen-bond donors (Lipinski definition) is 3. The third-order valence-electron chi connectivity index (χ3n) is 6.75. The smallest absolute Gasteiger partial charge is 0.437 e. The standard InChI is InChI=1S/C28H45N5O7/c1-16-19(14-18-12-10-9-11-13-18)22(31-17(2)34)21(15-20(16)23(35)40-30)33(26(37)39-28(6,7)8)24(29)32-25(36)38-27(3,4)5/h9-10,18-19,21-22H,11-15,30H2,1-8H3,(H,31,34)(H2,29,32,36)/t18-,19+,21-,22+/m0/s1. The summed E-state index contributed by atoms with van der Waals surface area (Å²) in [6.07, 6.45) is 5.56. The lowest BCUT2D eigenvalue weighted by Gasteiger charge is -2.45. The summed E-state index contributed by atoms with van der Waals surface area (Å²) < 4.78 is 10.9. The number of amides is 3. The van der Waals surface area contributed by atoms with E-state index in [0.717, 1.165) is 24.2 Å². The molecule has 0 heterocycles. The molecule has 0 unspecified atom stereocenters. The van der Waals surface area contributed by atoms with E-state index in [1.807, 2.05) is 0 Å². The average Bonchev–Trinajstić information content (AvgIpc) is 2.80. The van der Waals surface area contributed by atoms with Gasteiger partial charge in [0, 0.05) is 24.8 Å². The third kappa shape index (κ3) is 9.35. The van der Waals surface area contributed by atoms with Gasteiger partial charge in [-0.3, -0.25) is 4.79 Å². The Kier molecular flexibility index (Phi) is 10.9. The lowest BCUT2D eigenvalue weighted by atomic mass is 9.71. The summed E-state index contributed by atoms with van der Waals surface area (Å²) in [6.45, 7) is 13.2. The highest BCUT2D eigenvalue weighted by molar-refractivity contribution is 5.99. The predicted octanol–water partition coefficient (Wildman–Crippen LogP) is 3.85. The molecule has 5 N–H and O–H groups in total. The Balaban J connectivity index is 2.69. The van der Waals surface area contributed by atoms with Crippen LogP contribution in [0.2, 0.25) is 0 Å². The number of allylic oxidation sites excluding steroid dienone is 2. The Labute approximate surface area is 236 Å². The molecule has 0 fully saturated rings. The number of nitrogens with two attached hydrogens (primary N) is 2. The van der Waals surface area contributed by atoms with Gasteiger partial charge in [0.2, 0.25) is 11.9 Å². The van der Waals surface area contributed by atoms with Crippen LogP contribution in [0.1, 0.15) is 87.5 Å². The zero-order valence-electron chi connectivity index (χ0n) is 24.9. The summed E-state index contributed by atoms with van der Waals surface area (Å²) in [7, 11) is 0. The lowest BCUT2D eigenvalue weighted by molar-refractivity contribution is -0.140. The van der Waals surface area contributed by atoms with E-state index in [0.29, 0.717) is 12.0 Å². The zero-order chi connectivity index (χ0) is 30.4. The van der Waals surface area contributed by atoms with Crippen molar-refractivity contribution in [3.8, 4) is 0 Å². The molecule has 0 bridgehead atoms. The van der Waals surface area contributed by atoms with Crippen LogP contribution in [0.25, 0.3) is 0 Å². The first-order valence-electron chi connectivity index (χ1n) is 13.6. The van der Waals surface area contributed by atoms with Crippen LogP contribution in [0, 0.1) is 11.8 Å². The topological polar surface area (TPSA) is 176 Å². The SMILES string of the molecule is CC(=O)N[C@@H]1[C@H](C[C@H]2CC=CCC2)C(C)=C(C(=O)ON)C[C@@H]1N(C(=O)OC(C)(C)C)C(N)=NC(=O)OC(C)(C)C. The molecule has 0 aromatic carbocycles. The van der Waals surface area contributed by atoms with Gasteiger partial charge in [0.15, 0.2) is 0 Å². The molecule has 0 aliphatic heterocycles. The number of aliphatic imine (C=N–C) groups is 1. The van der Waals surface area contributed by atoms with Crippen LogP contribution in [0.15, 0.2) is 28.3 Å². The van der Waals surface area contributed by atoms with Crippen molar-refractivity contribution in [3.05, 3.63) is 23.3 Å². The number of rotatable bonds is 5. The van der Waals surface area contributed by atoms with E-state index in [9.17, 15) is 19.2 Å². The summed E-state index contributed by atoms with van der Waals surface area (Å²) in [5.74, 6) is 3.58. The van der Waals surface area contributed by atoms with Crippen molar-refractivity contribution in [1.82, 2.24) is 10.2 Å². The molecule has 12 heteroatoms. The van der Waals surface area contributed by atoms with Crippen molar-refractivity contribution >= 4 is 30.0 Å². The quantitative estimate of drug-likeness (QED) is 0.194. The average molecular weight is 564 g/mol. The molecule has 4 atom stereocenters. The summed E-state index contributed by atoms with van der Waals surface area (Å²) in [5, 5.41) is 2.97. The van der Waals surface area contributed by atoms with Crippen LogP contribution in [0.5, 0.6) is 0 Å². The summed E-state index contributed by atoms with van der Waals surface area (Å²) in [6, 6.07) is -1.66. The third-order valence-corrected chi connectivity index (χ3v) is 6.75. The highest BCUT2D eigenvalue weighted by atomic mass is 16.7. The first kappa shape index (κ1) is 32.8. The molecule has 2 rings (SSSR count).